The highest BCUT2D eigenvalue weighted by Gasteiger charge is 2.26. The average molecular weight is 409 g/mol. The Hall–Kier alpha value is -1.93. The first-order valence-corrected chi connectivity index (χ1v) is 10.4. The molecular formula is C19H21ClN2O4S. The van der Waals surface area contributed by atoms with Crippen molar-refractivity contribution in [2.24, 2.45) is 0 Å². The van der Waals surface area contributed by atoms with Gasteiger partial charge in [-0.2, -0.15) is 4.31 Å². The van der Waals surface area contributed by atoms with Crippen LogP contribution in [0.3, 0.4) is 0 Å². The first-order chi connectivity index (χ1) is 12.8. The van der Waals surface area contributed by atoms with Gasteiger partial charge in [-0.3, -0.25) is 4.79 Å². The van der Waals surface area contributed by atoms with E-state index in [0.717, 1.165) is 11.1 Å². The van der Waals surface area contributed by atoms with Crippen LogP contribution in [0.1, 0.15) is 21.5 Å². The van der Waals surface area contributed by atoms with Crippen molar-refractivity contribution in [2.75, 3.05) is 31.6 Å². The van der Waals surface area contributed by atoms with Crippen molar-refractivity contribution in [3.63, 3.8) is 0 Å². The SMILES string of the molecule is Cc1cc(C)c(NC(=O)c2ccc(S(=O)(=O)N3CCOCC3)cc2)c(Cl)c1. The van der Waals surface area contributed by atoms with Crippen LogP contribution < -0.4 is 5.32 Å². The van der Waals surface area contributed by atoms with Crippen LogP contribution in [-0.4, -0.2) is 44.9 Å². The normalized spacial score (nSPS) is 15.5. The topological polar surface area (TPSA) is 75.7 Å². The highest BCUT2D eigenvalue weighted by molar-refractivity contribution is 7.89. The number of benzene rings is 2. The fourth-order valence-electron chi connectivity index (χ4n) is 2.97. The zero-order valence-electron chi connectivity index (χ0n) is 15.2. The highest BCUT2D eigenvalue weighted by atomic mass is 35.5. The van der Waals surface area contributed by atoms with Gasteiger partial charge in [0.1, 0.15) is 0 Å². The third-order valence-corrected chi connectivity index (χ3v) is 6.61. The molecule has 1 amide bonds. The van der Waals surface area contributed by atoms with Crippen LogP contribution in [0.15, 0.2) is 41.3 Å². The van der Waals surface area contributed by atoms with Crippen molar-refractivity contribution in [3.05, 3.63) is 58.1 Å². The van der Waals surface area contributed by atoms with E-state index in [4.69, 9.17) is 16.3 Å². The summed E-state index contributed by atoms with van der Waals surface area (Å²) in [7, 11) is -3.58. The van der Waals surface area contributed by atoms with Gasteiger partial charge < -0.3 is 10.1 Å². The van der Waals surface area contributed by atoms with E-state index in [2.05, 4.69) is 5.32 Å². The summed E-state index contributed by atoms with van der Waals surface area (Å²) in [4.78, 5) is 12.7. The van der Waals surface area contributed by atoms with Crippen molar-refractivity contribution in [3.8, 4) is 0 Å². The van der Waals surface area contributed by atoms with Gasteiger partial charge in [-0.15, -0.1) is 0 Å². The molecular weight excluding hydrogens is 388 g/mol. The van der Waals surface area contributed by atoms with Gasteiger partial charge >= 0.3 is 0 Å². The molecule has 1 aliphatic rings. The number of halogens is 1. The zero-order valence-corrected chi connectivity index (χ0v) is 16.7. The minimum absolute atomic E-state index is 0.158. The number of amides is 1. The second-order valence-electron chi connectivity index (χ2n) is 6.43. The molecule has 1 saturated heterocycles. The second-order valence-corrected chi connectivity index (χ2v) is 8.78. The molecule has 0 aromatic heterocycles. The molecule has 0 bridgehead atoms. The van der Waals surface area contributed by atoms with Crippen molar-refractivity contribution < 1.29 is 17.9 Å². The number of morpholine rings is 1. The summed E-state index contributed by atoms with van der Waals surface area (Å²) in [5.41, 5.74) is 2.78. The lowest BCUT2D eigenvalue weighted by atomic mass is 10.1. The van der Waals surface area contributed by atoms with Gasteiger partial charge in [0.15, 0.2) is 0 Å². The first kappa shape index (κ1) is 19.8. The summed E-state index contributed by atoms with van der Waals surface area (Å²) >= 11 is 6.23. The lowest BCUT2D eigenvalue weighted by Gasteiger charge is -2.26. The number of carbonyl (C=O) groups is 1. The number of sulfonamides is 1. The van der Waals surface area contributed by atoms with E-state index in [-0.39, 0.29) is 10.8 Å². The van der Waals surface area contributed by atoms with Crippen molar-refractivity contribution in [1.29, 1.82) is 0 Å². The molecule has 3 rings (SSSR count). The summed E-state index contributed by atoms with van der Waals surface area (Å²) < 4.78 is 31.9. The van der Waals surface area contributed by atoms with Crippen LogP contribution in [0.5, 0.6) is 0 Å². The number of anilines is 1. The fraction of sp³-hybridized carbons (Fsp3) is 0.316. The Bertz CT molecular complexity index is 929. The van der Waals surface area contributed by atoms with Crippen molar-refractivity contribution >= 4 is 33.2 Å². The molecule has 27 heavy (non-hydrogen) atoms. The third kappa shape index (κ3) is 4.32. The van der Waals surface area contributed by atoms with E-state index in [1.807, 2.05) is 19.9 Å². The Morgan fingerprint density at radius 1 is 1.11 bits per heavy atom. The molecule has 0 saturated carbocycles. The quantitative estimate of drug-likeness (QED) is 0.842. The predicted molar refractivity (Wildman–Crippen MR) is 105 cm³/mol. The average Bonchev–Trinajstić information content (AvgIpc) is 2.65. The van der Waals surface area contributed by atoms with Gasteiger partial charge in [-0.1, -0.05) is 17.7 Å². The predicted octanol–water partition coefficient (Wildman–Crippen LogP) is 3.23. The number of nitrogens with one attached hydrogen (secondary N) is 1. The third-order valence-electron chi connectivity index (χ3n) is 4.39. The minimum atomic E-state index is -3.58. The minimum Gasteiger partial charge on any atom is -0.379 e. The van der Waals surface area contributed by atoms with Crippen LogP contribution in [0.2, 0.25) is 5.02 Å². The molecule has 0 aliphatic carbocycles. The zero-order chi connectivity index (χ0) is 19.6. The first-order valence-electron chi connectivity index (χ1n) is 8.55. The van der Waals surface area contributed by atoms with Gasteiger partial charge in [-0.05, 0) is 55.3 Å². The molecule has 1 heterocycles. The molecule has 0 unspecified atom stereocenters. The summed E-state index contributed by atoms with van der Waals surface area (Å²) in [6, 6.07) is 9.61. The number of rotatable bonds is 4. The van der Waals surface area contributed by atoms with E-state index in [9.17, 15) is 13.2 Å². The van der Waals surface area contributed by atoms with Gasteiger partial charge in [-0.25, -0.2) is 8.42 Å². The molecule has 2 aromatic rings. The number of nitrogens with zero attached hydrogens (tertiary/aromatic N) is 1. The van der Waals surface area contributed by atoms with Crippen LogP contribution in [0, 0.1) is 13.8 Å². The summed E-state index contributed by atoms with van der Waals surface area (Å²) in [6.07, 6.45) is 0. The largest absolute Gasteiger partial charge is 0.379 e. The number of hydrogen-bond donors (Lipinski definition) is 1. The molecule has 2 aromatic carbocycles. The highest BCUT2D eigenvalue weighted by Crippen LogP contribution is 2.28. The van der Waals surface area contributed by atoms with Crippen molar-refractivity contribution in [2.45, 2.75) is 18.7 Å². The molecule has 6 nitrogen and oxygen atoms in total. The van der Waals surface area contributed by atoms with Gasteiger partial charge in [0.25, 0.3) is 5.91 Å². The lowest BCUT2D eigenvalue weighted by Crippen LogP contribution is -2.40. The van der Waals surface area contributed by atoms with Crippen LogP contribution >= 0.6 is 11.6 Å². The Kier molecular flexibility index (Phi) is 5.86. The maximum Gasteiger partial charge on any atom is 0.255 e. The van der Waals surface area contributed by atoms with E-state index in [1.54, 1.807) is 6.07 Å². The fourth-order valence-corrected chi connectivity index (χ4v) is 4.75. The Labute approximate surface area is 164 Å². The number of carbonyl (C=O) groups excluding carboxylic acids is 1. The molecule has 0 spiro atoms. The smallest absolute Gasteiger partial charge is 0.255 e. The number of aryl methyl sites for hydroxylation is 2. The lowest BCUT2D eigenvalue weighted by molar-refractivity contribution is 0.0730. The molecule has 8 heteroatoms. The summed E-state index contributed by atoms with van der Waals surface area (Å²) in [6.45, 7) is 5.23. The van der Waals surface area contributed by atoms with E-state index in [1.165, 1.54) is 28.6 Å². The maximum atomic E-state index is 12.6. The molecule has 0 atom stereocenters. The van der Waals surface area contributed by atoms with Gasteiger partial charge in [0, 0.05) is 18.7 Å². The van der Waals surface area contributed by atoms with Crippen LogP contribution in [-0.2, 0) is 14.8 Å². The molecule has 144 valence electrons. The standard InChI is InChI=1S/C19H21ClN2O4S/c1-13-11-14(2)18(17(20)12-13)21-19(23)15-3-5-16(6-4-15)27(24,25)22-7-9-26-10-8-22/h3-6,11-12H,7-10H2,1-2H3,(H,21,23). The van der Waals surface area contributed by atoms with E-state index >= 15 is 0 Å². The maximum absolute atomic E-state index is 12.6. The monoisotopic (exact) mass is 408 g/mol. The Morgan fingerprint density at radius 3 is 2.33 bits per heavy atom. The van der Waals surface area contributed by atoms with E-state index in [0.29, 0.717) is 42.6 Å². The number of ether oxygens (including phenoxy) is 1. The molecule has 1 fully saturated rings. The number of hydrogen-bond acceptors (Lipinski definition) is 4. The summed E-state index contributed by atoms with van der Waals surface area (Å²) in [5, 5.41) is 3.26. The Morgan fingerprint density at radius 2 is 1.74 bits per heavy atom. The van der Waals surface area contributed by atoms with Crippen LogP contribution in [0.4, 0.5) is 5.69 Å². The van der Waals surface area contributed by atoms with E-state index < -0.39 is 10.0 Å². The Balaban J connectivity index is 1.78. The van der Waals surface area contributed by atoms with Gasteiger partial charge in [0.05, 0.1) is 28.8 Å². The second kappa shape index (κ2) is 7.98. The summed E-state index contributed by atoms with van der Waals surface area (Å²) in [5.74, 6) is -0.348. The van der Waals surface area contributed by atoms with Gasteiger partial charge in [0.2, 0.25) is 10.0 Å². The van der Waals surface area contributed by atoms with Crippen LogP contribution in [0.25, 0.3) is 0 Å². The molecule has 1 N–H and O–H groups in total. The molecule has 0 radical (unpaired) electrons. The molecule has 1 aliphatic heterocycles. The van der Waals surface area contributed by atoms with Crippen molar-refractivity contribution in [1.82, 2.24) is 4.31 Å².